The predicted octanol–water partition coefficient (Wildman–Crippen LogP) is 2.34. The number of ether oxygens (including phenoxy) is 1. The van der Waals surface area contributed by atoms with Crippen LogP contribution in [0.25, 0.3) is 11.4 Å². The number of nitrogens with one attached hydrogen (secondary N) is 3. The van der Waals surface area contributed by atoms with Gasteiger partial charge in [-0.2, -0.15) is 0 Å². The van der Waals surface area contributed by atoms with Gasteiger partial charge in [0.1, 0.15) is 16.3 Å². The lowest BCUT2D eigenvalue weighted by Crippen LogP contribution is -2.44. The Hall–Kier alpha value is -4.10. The molecule has 1 aliphatic heterocycles. The standard InChI is InChI=1S/C27H31N7O5S/c1-17-16-39-14-13-34(17)22-15-21(32-24(33-22)18-6-8-19(9-7-18)31-26(36)29-3)27(10-11-27)40(37,38)20-5-4-12-30-23(20)25(35)28-2/h4-9,12,15,17H,10-11,13-14,16H2,1-3H3,(H,28,35)(H2,29,31,36)/t17-/m0/s1. The van der Waals surface area contributed by atoms with Gasteiger partial charge in [-0.15, -0.1) is 0 Å². The number of aromatic nitrogens is 3. The van der Waals surface area contributed by atoms with Crippen molar-refractivity contribution in [2.75, 3.05) is 44.1 Å². The van der Waals surface area contributed by atoms with E-state index >= 15 is 0 Å². The molecule has 3 amide bonds. The number of anilines is 2. The lowest BCUT2D eigenvalue weighted by molar-refractivity contribution is 0.0954. The zero-order valence-corrected chi connectivity index (χ0v) is 23.3. The quantitative estimate of drug-likeness (QED) is 0.391. The van der Waals surface area contributed by atoms with Crippen molar-refractivity contribution < 1.29 is 22.7 Å². The van der Waals surface area contributed by atoms with Crippen molar-refractivity contribution in [3.63, 3.8) is 0 Å². The Morgan fingerprint density at radius 2 is 1.82 bits per heavy atom. The van der Waals surface area contributed by atoms with Crippen molar-refractivity contribution in [1.82, 2.24) is 25.6 Å². The molecule has 13 heteroatoms. The van der Waals surface area contributed by atoms with Gasteiger partial charge >= 0.3 is 6.03 Å². The molecular formula is C27H31N7O5S. The van der Waals surface area contributed by atoms with Crippen molar-refractivity contribution >= 4 is 33.3 Å². The summed E-state index contributed by atoms with van der Waals surface area (Å²) in [5.41, 5.74) is 1.46. The van der Waals surface area contributed by atoms with E-state index in [0.717, 1.165) is 0 Å². The zero-order valence-electron chi connectivity index (χ0n) is 22.5. The molecule has 2 aliphatic rings. The predicted molar refractivity (Wildman–Crippen MR) is 149 cm³/mol. The Morgan fingerprint density at radius 1 is 1.07 bits per heavy atom. The van der Waals surface area contributed by atoms with Crippen LogP contribution in [-0.2, 0) is 19.3 Å². The van der Waals surface area contributed by atoms with E-state index in [0.29, 0.717) is 61.2 Å². The number of rotatable bonds is 7. The molecule has 0 spiro atoms. The van der Waals surface area contributed by atoms with Crippen LogP contribution >= 0.6 is 0 Å². The first-order valence-corrected chi connectivity index (χ1v) is 14.4. The van der Waals surface area contributed by atoms with E-state index in [-0.39, 0.29) is 22.7 Å². The summed E-state index contributed by atoms with van der Waals surface area (Å²) in [5.74, 6) is 0.381. The lowest BCUT2D eigenvalue weighted by Gasteiger charge is -2.34. The summed E-state index contributed by atoms with van der Waals surface area (Å²) in [4.78, 5) is 39.8. The molecule has 1 saturated carbocycles. The van der Waals surface area contributed by atoms with E-state index in [1.165, 1.54) is 32.4 Å². The third-order valence-corrected chi connectivity index (χ3v) is 9.74. The van der Waals surface area contributed by atoms with Gasteiger partial charge in [0.05, 0.1) is 29.8 Å². The average Bonchev–Trinajstić information content (AvgIpc) is 3.80. The summed E-state index contributed by atoms with van der Waals surface area (Å²) in [6.07, 6.45) is 2.09. The number of pyridine rings is 1. The summed E-state index contributed by atoms with van der Waals surface area (Å²) in [6, 6.07) is 11.3. The number of hydrogen-bond donors (Lipinski definition) is 3. The fourth-order valence-electron chi connectivity index (χ4n) is 4.79. The second-order valence-electron chi connectivity index (χ2n) is 9.76. The normalized spacial score (nSPS) is 18.1. The van der Waals surface area contributed by atoms with Gasteiger partial charge in [-0.1, -0.05) is 0 Å². The van der Waals surface area contributed by atoms with Crippen LogP contribution < -0.4 is 20.9 Å². The monoisotopic (exact) mass is 565 g/mol. The lowest BCUT2D eigenvalue weighted by atomic mass is 10.1. The molecule has 1 saturated heterocycles. The Kier molecular flexibility index (Phi) is 7.43. The van der Waals surface area contributed by atoms with Crippen LogP contribution in [0.15, 0.2) is 53.6 Å². The molecule has 2 aromatic heterocycles. The van der Waals surface area contributed by atoms with Crippen LogP contribution in [0.5, 0.6) is 0 Å². The Labute approximate surface area is 232 Å². The minimum atomic E-state index is -4.06. The van der Waals surface area contributed by atoms with Crippen LogP contribution in [0.2, 0.25) is 0 Å². The molecule has 2 fully saturated rings. The highest BCUT2D eigenvalue weighted by Crippen LogP contribution is 2.55. The van der Waals surface area contributed by atoms with Crippen molar-refractivity contribution in [3.05, 3.63) is 60.0 Å². The number of carbonyl (C=O) groups excluding carboxylic acids is 2. The maximum absolute atomic E-state index is 14.2. The first kappa shape index (κ1) is 27.5. The molecule has 40 heavy (non-hydrogen) atoms. The largest absolute Gasteiger partial charge is 0.377 e. The third-order valence-electron chi connectivity index (χ3n) is 7.19. The molecule has 1 atom stereocenters. The van der Waals surface area contributed by atoms with Gasteiger partial charge in [-0.05, 0) is 56.2 Å². The number of urea groups is 1. The van der Waals surface area contributed by atoms with E-state index in [9.17, 15) is 18.0 Å². The van der Waals surface area contributed by atoms with E-state index in [4.69, 9.17) is 14.7 Å². The average molecular weight is 566 g/mol. The van der Waals surface area contributed by atoms with E-state index < -0.39 is 20.5 Å². The Morgan fingerprint density at radius 3 is 2.48 bits per heavy atom. The summed E-state index contributed by atoms with van der Waals surface area (Å²) < 4.78 is 32.6. The third kappa shape index (κ3) is 4.97. The number of sulfone groups is 1. The maximum atomic E-state index is 14.2. The molecule has 1 aliphatic carbocycles. The highest BCUT2D eigenvalue weighted by Gasteiger charge is 2.59. The van der Waals surface area contributed by atoms with Crippen LogP contribution in [0.1, 0.15) is 35.9 Å². The number of amides is 3. The number of nitrogens with zero attached hydrogens (tertiary/aromatic N) is 4. The number of benzene rings is 1. The molecule has 0 unspecified atom stereocenters. The first-order chi connectivity index (χ1) is 19.2. The highest BCUT2D eigenvalue weighted by atomic mass is 32.2. The van der Waals surface area contributed by atoms with Gasteiger partial charge in [-0.3, -0.25) is 4.79 Å². The SMILES string of the molecule is CNC(=O)Nc1ccc(-c2nc(N3CCOC[C@@H]3C)cc(C3(S(=O)(=O)c4cccnc4C(=O)NC)CC3)n2)cc1. The fraction of sp³-hybridized carbons (Fsp3) is 0.370. The molecule has 210 valence electrons. The first-order valence-electron chi connectivity index (χ1n) is 12.9. The van der Waals surface area contributed by atoms with Gasteiger partial charge in [0, 0.05) is 44.2 Å². The number of carbonyl (C=O) groups is 2. The van der Waals surface area contributed by atoms with Gasteiger partial charge in [-0.25, -0.2) is 28.2 Å². The summed E-state index contributed by atoms with van der Waals surface area (Å²) in [7, 11) is -1.10. The molecule has 3 aromatic rings. The summed E-state index contributed by atoms with van der Waals surface area (Å²) >= 11 is 0. The van der Waals surface area contributed by atoms with E-state index in [2.05, 4.69) is 25.8 Å². The van der Waals surface area contributed by atoms with Crippen LogP contribution in [0.3, 0.4) is 0 Å². The van der Waals surface area contributed by atoms with Crippen molar-refractivity contribution in [2.45, 2.75) is 35.4 Å². The number of morpholine rings is 1. The second-order valence-corrected chi connectivity index (χ2v) is 12.0. The fourth-order valence-corrected chi connectivity index (χ4v) is 6.89. The molecule has 12 nitrogen and oxygen atoms in total. The van der Waals surface area contributed by atoms with Gasteiger partial charge in [0.2, 0.25) is 0 Å². The minimum absolute atomic E-state index is 0.0217. The Balaban J connectivity index is 1.62. The number of hydrogen-bond acceptors (Lipinski definition) is 9. The molecule has 0 radical (unpaired) electrons. The zero-order chi connectivity index (χ0) is 28.5. The van der Waals surface area contributed by atoms with E-state index in [1.54, 1.807) is 30.3 Å². The molecular weight excluding hydrogens is 534 g/mol. The molecule has 1 aromatic carbocycles. The van der Waals surface area contributed by atoms with Crippen molar-refractivity contribution in [2.24, 2.45) is 0 Å². The maximum Gasteiger partial charge on any atom is 0.318 e. The molecule has 3 N–H and O–H groups in total. The van der Waals surface area contributed by atoms with Crippen LogP contribution in [-0.4, -0.2) is 75.2 Å². The van der Waals surface area contributed by atoms with Crippen molar-refractivity contribution in [3.8, 4) is 11.4 Å². The molecule has 0 bridgehead atoms. The van der Waals surface area contributed by atoms with Crippen LogP contribution in [0.4, 0.5) is 16.3 Å². The molecule has 3 heterocycles. The highest BCUT2D eigenvalue weighted by molar-refractivity contribution is 7.92. The van der Waals surface area contributed by atoms with Gasteiger partial charge in [0.25, 0.3) is 5.91 Å². The topological polar surface area (TPSA) is 156 Å². The second kappa shape index (κ2) is 10.8. The minimum Gasteiger partial charge on any atom is -0.377 e. The van der Waals surface area contributed by atoms with Gasteiger partial charge < -0.3 is 25.6 Å². The Bertz CT molecular complexity index is 1540. The van der Waals surface area contributed by atoms with E-state index in [1.807, 2.05) is 6.92 Å². The van der Waals surface area contributed by atoms with Gasteiger partial charge in [0.15, 0.2) is 15.7 Å². The summed E-state index contributed by atoms with van der Waals surface area (Å²) in [6.45, 7) is 3.65. The summed E-state index contributed by atoms with van der Waals surface area (Å²) in [5, 5.41) is 7.69. The van der Waals surface area contributed by atoms with Crippen LogP contribution in [0, 0.1) is 0 Å². The smallest absolute Gasteiger partial charge is 0.318 e. The van der Waals surface area contributed by atoms with Crippen molar-refractivity contribution in [1.29, 1.82) is 0 Å². The molecule has 5 rings (SSSR count).